The highest BCUT2D eigenvalue weighted by molar-refractivity contribution is 5.47. The second kappa shape index (κ2) is 3.14. The SMILES string of the molecule is [2H]C([2H])=Cc1ccc(C(C)(C)C)cc1. The molecule has 0 saturated carbocycles. The van der Waals surface area contributed by atoms with E-state index in [2.05, 4.69) is 32.9 Å². The van der Waals surface area contributed by atoms with Crippen molar-refractivity contribution in [2.75, 3.05) is 0 Å². The molecule has 0 atom stereocenters. The summed E-state index contributed by atoms with van der Waals surface area (Å²) in [4.78, 5) is 0. The minimum atomic E-state index is -0.159. The predicted molar refractivity (Wildman–Crippen MR) is 55.2 cm³/mol. The fourth-order valence-corrected chi connectivity index (χ4v) is 1.08. The summed E-state index contributed by atoms with van der Waals surface area (Å²) in [7, 11) is 0. The van der Waals surface area contributed by atoms with Gasteiger partial charge in [0.2, 0.25) is 0 Å². The van der Waals surface area contributed by atoms with E-state index >= 15 is 0 Å². The van der Waals surface area contributed by atoms with Crippen LogP contribution in [0.3, 0.4) is 0 Å². The number of benzene rings is 1. The van der Waals surface area contributed by atoms with E-state index in [1.807, 2.05) is 12.1 Å². The molecule has 1 aromatic carbocycles. The Labute approximate surface area is 77.7 Å². The number of rotatable bonds is 1. The zero-order valence-corrected chi connectivity index (χ0v) is 7.89. The molecular weight excluding hydrogens is 144 g/mol. The molecule has 0 aliphatic rings. The second-order valence-corrected chi connectivity index (χ2v) is 4.02. The zero-order valence-electron chi connectivity index (χ0n) is 9.89. The van der Waals surface area contributed by atoms with Gasteiger partial charge >= 0.3 is 0 Å². The monoisotopic (exact) mass is 162 g/mol. The second-order valence-electron chi connectivity index (χ2n) is 4.02. The first kappa shape index (κ1) is 6.47. The Balaban J connectivity index is 2.95. The van der Waals surface area contributed by atoms with Crippen LogP contribution < -0.4 is 0 Å². The van der Waals surface area contributed by atoms with E-state index in [1.165, 1.54) is 11.6 Å². The Hall–Kier alpha value is -1.04. The Morgan fingerprint density at radius 2 is 1.83 bits per heavy atom. The van der Waals surface area contributed by atoms with Crippen molar-refractivity contribution in [2.45, 2.75) is 26.2 Å². The highest BCUT2D eigenvalue weighted by Crippen LogP contribution is 2.22. The first-order valence-electron chi connectivity index (χ1n) is 5.15. The molecule has 0 radical (unpaired) electrons. The van der Waals surface area contributed by atoms with Crippen LogP contribution in [-0.2, 0) is 5.41 Å². The van der Waals surface area contributed by atoms with Crippen LogP contribution in [0.25, 0.3) is 6.08 Å². The molecule has 1 rings (SSSR count). The molecule has 0 spiro atoms. The minimum absolute atomic E-state index is 0.159. The Kier molecular flexibility index (Phi) is 1.69. The summed E-state index contributed by atoms with van der Waals surface area (Å²) in [5, 5.41) is 0. The van der Waals surface area contributed by atoms with Gasteiger partial charge in [0.25, 0.3) is 0 Å². The van der Waals surface area contributed by atoms with Crippen molar-refractivity contribution in [3.05, 3.63) is 41.9 Å². The minimum Gasteiger partial charge on any atom is -0.0985 e. The summed E-state index contributed by atoms with van der Waals surface area (Å²) in [5.74, 6) is 0. The largest absolute Gasteiger partial charge is 0.0985 e. The predicted octanol–water partition coefficient (Wildman–Crippen LogP) is 3.63. The van der Waals surface area contributed by atoms with Gasteiger partial charge in [-0.2, -0.15) is 0 Å². The molecule has 0 unspecified atom stereocenters. The molecule has 0 heteroatoms. The lowest BCUT2D eigenvalue weighted by molar-refractivity contribution is 0.590. The summed E-state index contributed by atoms with van der Waals surface area (Å²) in [6, 6.07) is 8.00. The molecule has 0 nitrogen and oxygen atoms in total. The average molecular weight is 162 g/mol. The van der Waals surface area contributed by atoms with Crippen molar-refractivity contribution in [1.82, 2.24) is 0 Å². The van der Waals surface area contributed by atoms with Gasteiger partial charge in [-0.1, -0.05) is 57.6 Å². The molecule has 0 aliphatic carbocycles. The van der Waals surface area contributed by atoms with Crippen molar-refractivity contribution in [3.63, 3.8) is 0 Å². The van der Waals surface area contributed by atoms with Crippen molar-refractivity contribution in [2.24, 2.45) is 0 Å². The first-order chi connectivity index (χ1) is 6.39. The topological polar surface area (TPSA) is 0 Å². The third-order valence-electron chi connectivity index (χ3n) is 1.94. The molecule has 0 aliphatic heterocycles. The van der Waals surface area contributed by atoms with Crippen LogP contribution in [0.1, 0.15) is 34.6 Å². The Morgan fingerprint density at radius 1 is 1.25 bits per heavy atom. The first-order valence-corrected chi connectivity index (χ1v) is 4.15. The number of hydrogen-bond acceptors (Lipinski definition) is 0. The third kappa shape index (κ3) is 1.97. The average Bonchev–Trinajstić information content (AvgIpc) is 2.02. The van der Waals surface area contributed by atoms with Crippen LogP contribution in [0, 0.1) is 0 Å². The van der Waals surface area contributed by atoms with Gasteiger partial charge in [0.1, 0.15) is 0 Å². The van der Waals surface area contributed by atoms with E-state index in [4.69, 9.17) is 2.74 Å². The standard InChI is InChI=1S/C12H16/c1-5-10-6-8-11(9-7-10)12(2,3)4/h5-9H,1H2,2-4H3/i1D2. The Morgan fingerprint density at radius 3 is 2.25 bits per heavy atom. The number of hydrogen-bond donors (Lipinski definition) is 0. The normalized spacial score (nSPS) is 13.2. The molecule has 64 valence electrons. The van der Waals surface area contributed by atoms with Gasteiger partial charge in [-0.3, -0.25) is 0 Å². The van der Waals surface area contributed by atoms with Crippen molar-refractivity contribution < 1.29 is 2.74 Å². The van der Waals surface area contributed by atoms with E-state index in [1.54, 1.807) is 0 Å². The van der Waals surface area contributed by atoms with Gasteiger partial charge in [-0.15, -0.1) is 0 Å². The van der Waals surface area contributed by atoms with Crippen LogP contribution in [0.5, 0.6) is 0 Å². The fraction of sp³-hybridized carbons (Fsp3) is 0.333. The van der Waals surface area contributed by atoms with E-state index in [-0.39, 0.29) is 11.9 Å². The highest BCUT2D eigenvalue weighted by atomic mass is 14.2. The Bertz CT molecular complexity index is 324. The molecule has 0 bridgehead atoms. The van der Waals surface area contributed by atoms with Gasteiger partial charge in [-0.25, -0.2) is 0 Å². The summed E-state index contributed by atoms with van der Waals surface area (Å²) >= 11 is 0. The van der Waals surface area contributed by atoms with Crippen LogP contribution in [0.2, 0.25) is 0 Å². The maximum Gasteiger partial charge on any atom is 0.0538 e. The molecule has 0 saturated heterocycles. The molecule has 0 amide bonds. The molecule has 1 aromatic rings. The van der Waals surface area contributed by atoms with E-state index in [0.29, 0.717) is 0 Å². The summed E-state index contributed by atoms with van der Waals surface area (Å²) in [6.07, 6.45) is 1.53. The van der Waals surface area contributed by atoms with E-state index in [0.717, 1.165) is 5.56 Å². The summed E-state index contributed by atoms with van der Waals surface area (Å²) in [6.45, 7) is 6.34. The molecule has 0 aromatic heterocycles. The lowest BCUT2D eigenvalue weighted by atomic mass is 9.87. The van der Waals surface area contributed by atoms with Gasteiger partial charge < -0.3 is 0 Å². The zero-order chi connectivity index (χ0) is 10.8. The maximum atomic E-state index is 7.02. The van der Waals surface area contributed by atoms with Gasteiger partial charge in [0, 0.05) is 0 Å². The molecule has 0 fully saturated rings. The summed E-state index contributed by atoms with van der Waals surface area (Å²) in [5.41, 5.74) is 2.34. The lowest BCUT2D eigenvalue weighted by Gasteiger charge is -2.18. The molecule has 0 heterocycles. The molecule has 12 heavy (non-hydrogen) atoms. The van der Waals surface area contributed by atoms with Gasteiger partial charge in [0.05, 0.1) is 2.74 Å². The molecule has 0 N–H and O–H groups in total. The van der Waals surface area contributed by atoms with Crippen molar-refractivity contribution in [1.29, 1.82) is 0 Å². The quantitative estimate of drug-likeness (QED) is 0.591. The van der Waals surface area contributed by atoms with E-state index < -0.39 is 0 Å². The van der Waals surface area contributed by atoms with Gasteiger partial charge in [-0.05, 0) is 16.5 Å². The fourth-order valence-electron chi connectivity index (χ4n) is 1.08. The van der Waals surface area contributed by atoms with Crippen LogP contribution in [-0.4, -0.2) is 0 Å². The van der Waals surface area contributed by atoms with Gasteiger partial charge in [0.15, 0.2) is 0 Å². The maximum absolute atomic E-state index is 7.02. The smallest absolute Gasteiger partial charge is 0.0538 e. The molecular formula is C12H16. The van der Waals surface area contributed by atoms with Crippen LogP contribution >= 0.6 is 0 Å². The highest BCUT2D eigenvalue weighted by Gasteiger charge is 2.12. The van der Waals surface area contributed by atoms with Crippen LogP contribution in [0.15, 0.2) is 30.8 Å². The lowest BCUT2D eigenvalue weighted by Crippen LogP contribution is -2.10. The van der Waals surface area contributed by atoms with Crippen LogP contribution in [0.4, 0.5) is 0 Å². The van der Waals surface area contributed by atoms with Crippen molar-refractivity contribution in [3.8, 4) is 0 Å². The third-order valence-corrected chi connectivity index (χ3v) is 1.94. The summed E-state index contributed by atoms with van der Waals surface area (Å²) < 4.78 is 14.0. The van der Waals surface area contributed by atoms with Crippen molar-refractivity contribution >= 4 is 6.08 Å². The van der Waals surface area contributed by atoms with E-state index in [9.17, 15) is 0 Å².